The van der Waals surface area contributed by atoms with E-state index < -0.39 is 0 Å². The predicted octanol–water partition coefficient (Wildman–Crippen LogP) is 5.05. The van der Waals surface area contributed by atoms with Crippen molar-refractivity contribution < 1.29 is 4.39 Å². The zero-order valence-corrected chi connectivity index (χ0v) is 18.2. The van der Waals surface area contributed by atoms with Gasteiger partial charge in [0.1, 0.15) is 11.3 Å². The van der Waals surface area contributed by atoms with Crippen molar-refractivity contribution in [2.45, 2.75) is 37.8 Å². The standard InChI is InChI=1S/C22H20ClFN4OS/c1-3-28-20-19(14(2)26-28)25-22(30-13-16-6-10-18(24)11-7-16)27(21(20)29)12-15-4-8-17(23)9-5-15/h4-11H,3,12-13H2,1-2H3. The lowest BCUT2D eigenvalue weighted by molar-refractivity contribution is 0.627. The Morgan fingerprint density at radius 2 is 1.73 bits per heavy atom. The third kappa shape index (κ3) is 4.13. The van der Waals surface area contributed by atoms with Gasteiger partial charge >= 0.3 is 0 Å². The fourth-order valence-corrected chi connectivity index (χ4v) is 4.34. The Bertz CT molecular complexity index is 1250. The van der Waals surface area contributed by atoms with Gasteiger partial charge in [-0.25, -0.2) is 9.37 Å². The van der Waals surface area contributed by atoms with Crippen LogP contribution in [0.4, 0.5) is 4.39 Å². The summed E-state index contributed by atoms with van der Waals surface area (Å²) >= 11 is 7.45. The maximum absolute atomic E-state index is 13.4. The van der Waals surface area contributed by atoms with Gasteiger partial charge in [-0.15, -0.1) is 0 Å². The van der Waals surface area contributed by atoms with E-state index >= 15 is 0 Å². The van der Waals surface area contributed by atoms with Crippen LogP contribution in [0.25, 0.3) is 11.0 Å². The number of fused-ring (bicyclic) bond motifs is 1. The number of hydrogen-bond acceptors (Lipinski definition) is 4. The van der Waals surface area contributed by atoms with E-state index in [0.717, 1.165) is 16.8 Å². The molecule has 5 nitrogen and oxygen atoms in total. The maximum Gasteiger partial charge on any atom is 0.280 e. The first-order valence-electron chi connectivity index (χ1n) is 9.56. The van der Waals surface area contributed by atoms with Crippen LogP contribution in [0.5, 0.6) is 0 Å². The summed E-state index contributed by atoms with van der Waals surface area (Å²) in [6, 6.07) is 13.8. The molecule has 2 aromatic heterocycles. The van der Waals surface area contributed by atoms with E-state index in [-0.39, 0.29) is 11.4 Å². The molecular formula is C22H20ClFN4OS. The van der Waals surface area contributed by atoms with E-state index in [1.807, 2.05) is 26.0 Å². The van der Waals surface area contributed by atoms with Crippen LogP contribution in [0.3, 0.4) is 0 Å². The highest BCUT2D eigenvalue weighted by molar-refractivity contribution is 7.98. The van der Waals surface area contributed by atoms with Crippen molar-refractivity contribution in [3.05, 3.63) is 86.5 Å². The minimum absolute atomic E-state index is 0.126. The Kier molecular flexibility index (Phi) is 5.92. The molecule has 0 atom stereocenters. The first-order chi connectivity index (χ1) is 14.5. The summed E-state index contributed by atoms with van der Waals surface area (Å²) in [6.45, 7) is 4.77. The largest absolute Gasteiger partial charge is 0.281 e. The van der Waals surface area contributed by atoms with Crippen LogP contribution in [-0.4, -0.2) is 19.3 Å². The van der Waals surface area contributed by atoms with E-state index in [0.29, 0.717) is 40.1 Å². The number of aryl methyl sites for hydroxylation is 2. The minimum Gasteiger partial charge on any atom is -0.281 e. The Balaban J connectivity index is 1.79. The molecule has 154 valence electrons. The van der Waals surface area contributed by atoms with Crippen LogP contribution in [0.1, 0.15) is 23.7 Å². The fourth-order valence-electron chi connectivity index (χ4n) is 3.27. The number of benzene rings is 2. The molecule has 0 N–H and O–H groups in total. The number of thioether (sulfide) groups is 1. The monoisotopic (exact) mass is 442 g/mol. The molecule has 0 fully saturated rings. The van der Waals surface area contributed by atoms with Crippen LogP contribution in [0.15, 0.2) is 58.5 Å². The van der Waals surface area contributed by atoms with Crippen molar-refractivity contribution in [1.29, 1.82) is 0 Å². The zero-order chi connectivity index (χ0) is 21.3. The minimum atomic E-state index is -0.273. The van der Waals surface area contributed by atoms with Gasteiger partial charge < -0.3 is 0 Å². The number of hydrogen-bond donors (Lipinski definition) is 0. The third-order valence-electron chi connectivity index (χ3n) is 4.82. The molecule has 0 amide bonds. The summed E-state index contributed by atoms with van der Waals surface area (Å²) in [5, 5.41) is 5.72. The van der Waals surface area contributed by atoms with Crippen LogP contribution >= 0.6 is 23.4 Å². The number of aromatic nitrogens is 4. The molecule has 2 aromatic carbocycles. The summed E-state index contributed by atoms with van der Waals surface area (Å²) in [7, 11) is 0. The summed E-state index contributed by atoms with van der Waals surface area (Å²) in [5.74, 6) is 0.297. The van der Waals surface area contributed by atoms with E-state index in [4.69, 9.17) is 16.6 Å². The maximum atomic E-state index is 13.4. The van der Waals surface area contributed by atoms with Crippen LogP contribution < -0.4 is 5.56 Å². The smallest absolute Gasteiger partial charge is 0.280 e. The van der Waals surface area contributed by atoms with E-state index in [1.165, 1.54) is 23.9 Å². The van der Waals surface area contributed by atoms with Gasteiger partial charge in [-0.1, -0.05) is 47.6 Å². The van der Waals surface area contributed by atoms with Crippen molar-refractivity contribution >= 4 is 34.4 Å². The topological polar surface area (TPSA) is 52.7 Å². The van der Waals surface area contributed by atoms with Gasteiger partial charge in [0.2, 0.25) is 0 Å². The second-order valence-electron chi connectivity index (χ2n) is 6.93. The first-order valence-corrected chi connectivity index (χ1v) is 10.9. The Morgan fingerprint density at radius 1 is 1.07 bits per heavy atom. The molecule has 0 saturated heterocycles. The first kappa shape index (κ1) is 20.6. The zero-order valence-electron chi connectivity index (χ0n) is 16.6. The van der Waals surface area contributed by atoms with E-state index in [9.17, 15) is 9.18 Å². The Hall–Kier alpha value is -2.64. The molecule has 0 spiro atoms. The van der Waals surface area contributed by atoms with E-state index in [1.54, 1.807) is 33.5 Å². The second kappa shape index (κ2) is 8.62. The number of nitrogens with zero attached hydrogens (tertiary/aromatic N) is 4. The van der Waals surface area contributed by atoms with Crippen molar-refractivity contribution in [1.82, 2.24) is 19.3 Å². The van der Waals surface area contributed by atoms with Gasteiger partial charge in [0.15, 0.2) is 10.7 Å². The average molecular weight is 443 g/mol. The quantitative estimate of drug-likeness (QED) is 0.309. The highest BCUT2D eigenvalue weighted by Crippen LogP contribution is 2.24. The van der Waals surface area contributed by atoms with Crippen molar-refractivity contribution in [2.75, 3.05) is 0 Å². The molecule has 0 aliphatic heterocycles. The molecule has 30 heavy (non-hydrogen) atoms. The predicted molar refractivity (Wildman–Crippen MR) is 119 cm³/mol. The van der Waals surface area contributed by atoms with Crippen LogP contribution in [0, 0.1) is 12.7 Å². The van der Waals surface area contributed by atoms with Crippen molar-refractivity contribution in [2.24, 2.45) is 0 Å². The molecule has 0 unspecified atom stereocenters. The third-order valence-corrected chi connectivity index (χ3v) is 6.12. The average Bonchev–Trinajstić information content (AvgIpc) is 3.07. The van der Waals surface area contributed by atoms with Crippen molar-refractivity contribution in [3.63, 3.8) is 0 Å². The second-order valence-corrected chi connectivity index (χ2v) is 8.30. The van der Waals surface area contributed by atoms with Crippen LogP contribution in [-0.2, 0) is 18.8 Å². The van der Waals surface area contributed by atoms with Gasteiger partial charge in [0.05, 0.1) is 12.2 Å². The molecule has 0 radical (unpaired) electrons. The lowest BCUT2D eigenvalue weighted by Gasteiger charge is -2.13. The summed E-state index contributed by atoms with van der Waals surface area (Å²) in [6.07, 6.45) is 0. The molecule has 2 heterocycles. The normalized spacial score (nSPS) is 11.3. The van der Waals surface area contributed by atoms with Gasteiger partial charge in [0, 0.05) is 17.3 Å². The molecular weight excluding hydrogens is 423 g/mol. The Morgan fingerprint density at radius 3 is 2.40 bits per heavy atom. The highest BCUT2D eigenvalue weighted by Gasteiger charge is 2.18. The number of halogens is 2. The van der Waals surface area contributed by atoms with Gasteiger partial charge in [-0.05, 0) is 49.2 Å². The summed E-state index contributed by atoms with van der Waals surface area (Å²) in [5.41, 5.74) is 3.64. The molecule has 8 heteroatoms. The molecule has 4 aromatic rings. The van der Waals surface area contributed by atoms with Gasteiger partial charge in [0.25, 0.3) is 5.56 Å². The molecule has 0 bridgehead atoms. The van der Waals surface area contributed by atoms with Crippen molar-refractivity contribution in [3.8, 4) is 0 Å². The lowest BCUT2D eigenvalue weighted by atomic mass is 10.2. The van der Waals surface area contributed by atoms with E-state index in [2.05, 4.69) is 5.10 Å². The fraction of sp³-hybridized carbons (Fsp3) is 0.227. The molecule has 0 aliphatic carbocycles. The summed E-state index contributed by atoms with van der Waals surface area (Å²) in [4.78, 5) is 18.2. The van der Waals surface area contributed by atoms with Gasteiger partial charge in [-0.2, -0.15) is 5.10 Å². The molecule has 4 rings (SSSR count). The highest BCUT2D eigenvalue weighted by atomic mass is 35.5. The number of rotatable bonds is 6. The molecule has 0 aliphatic rings. The SMILES string of the molecule is CCn1nc(C)c2nc(SCc3ccc(F)cc3)n(Cc3ccc(Cl)cc3)c(=O)c21. The molecule has 0 saturated carbocycles. The van der Waals surface area contributed by atoms with Crippen LogP contribution in [0.2, 0.25) is 5.02 Å². The summed E-state index contributed by atoms with van der Waals surface area (Å²) < 4.78 is 16.6. The Labute approximate surface area is 182 Å². The van der Waals surface area contributed by atoms with Gasteiger partial charge in [-0.3, -0.25) is 14.0 Å². The lowest BCUT2D eigenvalue weighted by Crippen LogP contribution is -2.25.